The molecule has 3 nitrogen and oxygen atoms in total. The number of carboxylic acids is 1. The molecule has 1 aliphatic heterocycles. The van der Waals surface area contributed by atoms with E-state index in [4.69, 9.17) is 4.74 Å². The van der Waals surface area contributed by atoms with Crippen molar-refractivity contribution in [1.29, 1.82) is 0 Å². The molecule has 0 saturated carbocycles. The average molecular weight is 281 g/mol. The monoisotopic (exact) mass is 280 g/mol. The Hall–Kier alpha value is 0.766. The summed E-state index contributed by atoms with van der Waals surface area (Å²) in [5.41, 5.74) is 0.864. The second kappa shape index (κ2) is 5.20. The molecule has 5 heteroatoms. The number of benzene rings is 1. The van der Waals surface area contributed by atoms with Gasteiger partial charge < -0.3 is 14.6 Å². The zero-order valence-corrected chi connectivity index (χ0v) is 12.3. The number of ether oxygens (including phenoxy) is 1. The minimum absolute atomic E-state index is 0. The van der Waals surface area contributed by atoms with Crippen molar-refractivity contribution in [1.82, 2.24) is 0 Å². The van der Waals surface area contributed by atoms with E-state index >= 15 is 0 Å². The molecule has 0 amide bonds. The summed E-state index contributed by atoms with van der Waals surface area (Å²) in [4.78, 5) is 10.4. The first kappa shape index (κ1) is 12.8. The number of aliphatic carboxylic acids is 1. The fraction of sp³-hybridized carbons (Fsp3) is 0.222. The van der Waals surface area contributed by atoms with Crippen LogP contribution in [0.15, 0.2) is 28.7 Å². The first-order valence-electron chi connectivity index (χ1n) is 3.80. The maximum absolute atomic E-state index is 10.4. The van der Waals surface area contributed by atoms with Crippen LogP contribution in [0.2, 0.25) is 0 Å². The quantitative estimate of drug-likeness (QED) is 0.450. The topological polar surface area (TPSA) is 52.7 Å². The summed E-state index contributed by atoms with van der Waals surface area (Å²) in [6, 6.07) is 7.39. The fourth-order valence-electron chi connectivity index (χ4n) is 1.23. The van der Waals surface area contributed by atoms with Gasteiger partial charge in [0.25, 0.3) is 0 Å². The number of halogens is 1. The summed E-state index contributed by atoms with van der Waals surface area (Å²) in [6.07, 6.45) is -1.10. The van der Waals surface area contributed by atoms with Gasteiger partial charge in [-0.2, -0.15) is 0 Å². The van der Waals surface area contributed by atoms with Crippen molar-refractivity contribution in [2.45, 2.75) is 12.2 Å². The molecule has 2 atom stereocenters. The van der Waals surface area contributed by atoms with Gasteiger partial charge in [-0.25, -0.2) is 0 Å². The molecule has 1 aromatic carbocycles. The van der Waals surface area contributed by atoms with Gasteiger partial charge in [0, 0.05) is 4.47 Å². The van der Waals surface area contributed by atoms with E-state index in [1.807, 2.05) is 24.3 Å². The molecule has 0 radical (unpaired) electrons. The van der Waals surface area contributed by atoms with E-state index in [0.717, 1.165) is 10.0 Å². The number of carbonyl (C=O) groups is 1. The Labute approximate surface area is 132 Å². The van der Waals surface area contributed by atoms with E-state index in [2.05, 4.69) is 15.9 Å². The maximum Gasteiger partial charge on any atom is 1.00 e. The molecule has 0 spiro atoms. The number of rotatable bonds is 2. The third-order valence-corrected chi connectivity index (χ3v) is 2.39. The molecule has 1 fully saturated rings. The molecule has 1 aliphatic rings. The van der Waals surface area contributed by atoms with E-state index in [-0.39, 0.29) is 57.5 Å². The van der Waals surface area contributed by atoms with Crippen LogP contribution in [-0.4, -0.2) is 12.1 Å². The van der Waals surface area contributed by atoms with Crippen LogP contribution in [0.1, 0.15) is 11.7 Å². The predicted octanol–water partition coefficient (Wildman–Crippen LogP) is -2.36. The SMILES string of the molecule is O=C([O-])C1OC1c1cccc(Br)c1.[K+]. The molecule has 0 bridgehead atoms. The van der Waals surface area contributed by atoms with Gasteiger partial charge in [0.15, 0.2) is 0 Å². The standard InChI is InChI=1S/C9H7BrO3.K/c10-6-3-1-2-5(4-6)7-8(13-7)9(11)12;/h1-4,7-8H,(H,11,12);/q;+1/p-1. The molecule has 0 aromatic heterocycles. The molecule has 1 aromatic rings. The largest absolute Gasteiger partial charge is 1.00 e. The van der Waals surface area contributed by atoms with Crippen molar-refractivity contribution in [3.63, 3.8) is 0 Å². The number of carbonyl (C=O) groups excluding carboxylic acids is 1. The number of carboxylic acid groups (broad SMARTS) is 1. The molecule has 0 N–H and O–H groups in total. The smallest absolute Gasteiger partial charge is 0.547 e. The Bertz CT molecular complexity index is 356. The zero-order valence-electron chi connectivity index (χ0n) is 7.57. The molecule has 1 heterocycles. The van der Waals surface area contributed by atoms with Crippen LogP contribution in [0.25, 0.3) is 0 Å². The van der Waals surface area contributed by atoms with Gasteiger partial charge in [-0.15, -0.1) is 0 Å². The molecular formula is C9H6BrKO3. The van der Waals surface area contributed by atoms with Gasteiger partial charge in [-0.05, 0) is 17.7 Å². The number of hydrogen-bond donors (Lipinski definition) is 0. The first-order chi connectivity index (χ1) is 6.18. The minimum atomic E-state index is -1.15. The third-order valence-electron chi connectivity index (χ3n) is 1.90. The summed E-state index contributed by atoms with van der Waals surface area (Å²) < 4.78 is 5.85. The van der Waals surface area contributed by atoms with Crippen molar-refractivity contribution < 1.29 is 66.0 Å². The second-order valence-corrected chi connectivity index (χ2v) is 3.77. The Kier molecular flexibility index (Phi) is 4.77. The molecule has 2 rings (SSSR count). The van der Waals surface area contributed by atoms with Crippen LogP contribution >= 0.6 is 15.9 Å². The summed E-state index contributed by atoms with van der Waals surface area (Å²) in [5.74, 6) is -1.15. The summed E-state index contributed by atoms with van der Waals surface area (Å²) >= 11 is 3.30. The van der Waals surface area contributed by atoms with Crippen LogP contribution < -0.4 is 56.5 Å². The van der Waals surface area contributed by atoms with Crippen LogP contribution in [-0.2, 0) is 9.53 Å². The van der Waals surface area contributed by atoms with Gasteiger partial charge in [-0.1, -0.05) is 28.1 Å². The number of hydrogen-bond acceptors (Lipinski definition) is 3. The van der Waals surface area contributed by atoms with E-state index in [1.165, 1.54) is 0 Å². The Morgan fingerprint density at radius 3 is 2.71 bits per heavy atom. The van der Waals surface area contributed by atoms with Gasteiger partial charge in [0.05, 0.1) is 5.97 Å². The Morgan fingerprint density at radius 1 is 1.50 bits per heavy atom. The summed E-state index contributed by atoms with van der Waals surface area (Å²) in [5, 5.41) is 10.4. The van der Waals surface area contributed by atoms with Crippen LogP contribution in [0.3, 0.4) is 0 Å². The molecule has 2 unspecified atom stereocenters. The van der Waals surface area contributed by atoms with E-state index in [9.17, 15) is 9.90 Å². The van der Waals surface area contributed by atoms with Gasteiger partial charge in [0.1, 0.15) is 12.2 Å². The van der Waals surface area contributed by atoms with Crippen LogP contribution in [0, 0.1) is 0 Å². The number of epoxide rings is 1. The first-order valence-corrected chi connectivity index (χ1v) is 4.59. The molecule has 1 saturated heterocycles. The minimum Gasteiger partial charge on any atom is -0.547 e. The molecular weight excluding hydrogens is 275 g/mol. The zero-order chi connectivity index (χ0) is 9.42. The van der Waals surface area contributed by atoms with Gasteiger partial charge in [-0.3, -0.25) is 0 Å². The second-order valence-electron chi connectivity index (χ2n) is 2.85. The normalized spacial score (nSPS) is 23.8. The molecule has 68 valence electrons. The van der Waals surface area contributed by atoms with E-state index < -0.39 is 12.1 Å². The average Bonchev–Trinajstić information content (AvgIpc) is 2.82. The van der Waals surface area contributed by atoms with Crippen molar-refractivity contribution in [3.05, 3.63) is 34.3 Å². The van der Waals surface area contributed by atoms with Gasteiger partial charge >= 0.3 is 51.4 Å². The van der Waals surface area contributed by atoms with E-state index in [1.54, 1.807) is 0 Å². The summed E-state index contributed by atoms with van der Waals surface area (Å²) in [7, 11) is 0. The van der Waals surface area contributed by atoms with Gasteiger partial charge in [0.2, 0.25) is 0 Å². The van der Waals surface area contributed by atoms with Crippen LogP contribution in [0.5, 0.6) is 0 Å². The van der Waals surface area contributed by atoms with E-state index in [0.29, 0.717) is 0 Å². The Morgan fingerprint density at radius 2 is 2.21 bits per heavy atom. The Balaban J connectivity index is 0.000000980. The van der Waals surface area contributed by atoms with Crippen molar-refractivity contribution in [2.24, 2.45) is 0 Å². The third kappa shape index (κ3) is 2.88. The fourth-order valence-corrected chi connectivity index (χ4v) is 1.65. The van der Waals surface area contributed by atoms with Crippen molar-refractivity contribution >= 4 is 21.9 Å². The van der Waals surface area contributed by atoms with Crippen LogP contribution in [0.4, 0.5) is 0 Å². The van der Waals surface area contributed by atoms with Crippen molar-refractivity contribution in [3.8, 4) is 0 Å². The summed E-state index contributed by atoms with van der Waals surface area (Å²) in [6.45, 7) is 0. The van der Waals surface area contributed by atoms with Crippen molar-refractivity contribution in [2.75, 3.05) is 0 Å². The predicted molar refractivity (Wildman–Crippen MR) is 46.8 cm³/mol. The molecule has 14 heavy (non-hydrogen) atoms. The molecule has 0 aliphatic carbocycles. The maximum atomic E-state index is 10.4.